The largest absolute Gasteiger partial charge is 0.395 e. The summed E-state index contributed by atoms with van der Waals surface area (Å²) in [4.78, 5) is 16.0. The molecule has 4 heteroatoms. The van der Waals surface area contributed by atoms with E-state index in [2.05, 4.69) is 4.90 Å². The first kappa shape index (κ1) is 15.7. The van der Waals surface area contributed by atoms with Crippen LogP contribution in [0.25, 0.3) is 0 Å². The lowest BCUT2D eigenvalue weighted by Gasteiger charge is -2.21. The van der Waals surface area contributed by atoms with Gasteiger partial charge in [-0.05, 0) is 38.2 Å². The second-order valence-electron chi connectivity index (χ2n) is 4.95. The molecule has 4 nitrogen and oxygen atoms in total. The van der Waals surface area contributed by atoms with E-state index in [-0.39, 0.29) is 12.5 Å². The van der Waals surface area contributed by atoms with Crippen LogP contribution >= 0.6 is 0 Å². The van der Waals surface area contributed by atoms with E-state index in [1.54, 1.807) is 4.90 Å². The number of nitrogens with zero attached hydrogens (tertiary/aromatic N) is 2. The third kappa shape index (κ3) is 5.01. The van der Waals surface area contributed by atoms with Gasteiger partial charge in [-0.1, -0.05) is 19.1 Å². The molecule has 0 radical (unpaired) electrons. The minimum atomic E-state index is -0.00713. The minimum absolute atomic E-state index is 0.00442. The Labute approximate surface area is 115 Å². The second-order valence-corrected chi connectivity index (χ2v) is 4.95. The topological polar surface area (TPSA) is 43.8 Å². The molecule has 0 fully saturated rings. The number of amides is 1. The van der Waals surface area contributed by atoms with Crippen molar-refractivity contribution in [3.05, 3.63) is 35.4 Å². The molecule has 1 N–H and O–H groups in total. The van der Waals surface area contributed by atoms with Gasteiger partial charge in [-0.3, -0.25) is 4.79 Å². The minimum Gasteiger partial charge on any atom is -0.395 e. The average Bonchev–Trinajstić information content (AvgIpc) is 2.38. The van der Waals surface area contributed by atoms with Crippen molar-refractivity contribution < 1.29 is 9.90 Å². The number of carbonyl (C=O) groups excluding carboxylic acids is 1. The SMILES string of the molecule is CCCN(CCO)C(=O)c1ccc(CN(C)C)cc1. The van der Waals surface area contributed by atoms with Crippen LogP contribution in [0.5, 0.6) is 0 Å². The van der Waals surface area contributed by atoms with Crippen LogP contribution in [0.2, 0.25) is 0 Å². The Bertz CT molecular complexity index is 382. The van der Waals surface area contributed by atoms with Gasteiger partial charge in [0.05, 0.1) is 6.61 Å². The Morgan fingerprint density at radius 2 is 1.79 bits per heavy atom. The fraction of sp³-hybridized carbons (Fsp3) is 0.533. The van der Waals surface area contributed by atoms with Crippen LogP contribution < -0.4 is 0 Å². The van der Waals surface area contributed by atoms with Crippen molar-refractivity contribution in [3.63, 3.8) is 0 Å². The molecule has 106 valence electrons. The van der Waals surface area contributed by atoms with Gasteiger partial charge in [0.15, 0.2) is 0 Å². The maximum absolute atomic E-state index is 12.3. The number of hydrogen-bond donors (Lipinski definition) is 1. The number of hydrogen-bond acceptors (Lipinski definition) is 3. The highest BCUT2D eigenvalue weighted by Crippen LogP contribution is 2.09. The smallest absolute Gasteiger partial charge is 0.253 e. The van der Waals surface area contributed by atoms with Gasteiger partial charge >= 0.3 is 0 Å². The van der Waals surface area contributed by atoms with Crippen LogP contribution in [0.3, 0.4) is 0 Å². The number of rotatable bonds is 7. The van der Waals surface area contributed by atoms with Crippen molar-refractivity contribution in [2.75, 3.05) is 33.8 Å². The van der Waals surface area contributed by atoms with Crippen molar-refractivity contribution in [3.8, 4) is 0 Å². The molecule has 0 aliphatic rings. The van der Waals surface area contributed by atoms with E-state index in [1.807, 2.05) is 45.3 Å². The molecule has 0 saturated carbocycles. The third-order valence-corrected chi connectivity index (χ3v) is 2.85. The van der Waals surface area contributed by atoms with E-state index in [0.29, 0.717) is 18.7 Å². The normalized spacial score (nSPS) is 10.8. The summed E-state index contributed by atoms with van der Waals surface area (Å²) < 4.78 is 0. The zero-order valence-corrected chi connectivity index (χ0v) is 12.1. The molecular formula is C15H24N2O2. The summed E-state index contributed by atoms with van der Waals surface area (Å²) in [7, 11) is 4.03. The molecule has 0 saturated heterocycles. The molecule has 0 heterocycles. The first-order valence-electron chi connectivity index (χ1n) is 6.72. The molecule has 0 spiro atoms. The Kier molecular flexibility index (Phi) is 6.53. The summed E-state index contributed by atoms with van der Waals surface area (Å²) in [6.07, 6.45) is 0.893. The van der Waals surface area contributed by atoms with Gasteiger partial charge in [0.2, 0.25) is 0 Å². The van der Waals surface area contributed by atoms with E-state index in [0.717, 1.165) is 13.0 Å². The summed E-state index contributed by atoms with van der Waals surface area (Å²) in [5.74, 6) is -0.00713. The van der Waals surface area contributed by atoms with Crippen LogP contribution in [0.1, 0.15) is 29.3 Å². The summed E-state index contributed by atoms with van der Waals surface area (Å²) in [6.45, 7) is 3.97. The van der Waals surface area contributed by atoms with Crippen molar-refractivity contribution in [2.24, 2.45) is 0 Å². The highest BCUT2D eigenvalue weighted by Gasteiger charge is 2.14. The molecule has 1 rings (SSSR count). The molecule has 1 amide bonds. The average molecular weight is 264 g/mol. The zero-order valence-electron chi connectivity index (χ0n) is 12.1. The van der Waals surface area contributed by atoms with E-state index in [9.17, 15) is 4.79 Å². The molecule has 0 aliphatic heterocycles. The molecule has 0 aromatic heterocycles. The van der Waals surface area contributed by atoms with Gasteiger partial charge in [0.25, 0.3) is 5.91 Å². The van der Waals surface area contributed by atoms with Gasteiger partial charge in [-0.25, -0.2) is 0 Å². The van der Waals surface area contributed by atoms with Crippen LogP contribution in [-0.4, -0.2) is 54.6 Å². The summed E-state index contributed by atoms with van der Waals surface area (Å²) in [5, 5.41) is 9.00. The number of carbonyl (C=O) groups is 1. The highest BCUT2D eigenvalue weighted by molar-refractivity contribution is 5.94. The first-order chi connectivity index (χ1) is 9.08. The van der Waals surface area contributed by atoms with Gasteiger partial charge in [0.1, 0.15) is 0 Å². The number of aliphatic hydroxyl groups is 1. The van der Waals surface area contributed by atoms with Crippen LogP contribution in [0.4, 0.5) is 0 Å². The predicted molar refractivity (Wildman–Crippen MR) is 77.1 cm³/mol. The van der Waals surface area contributed by atoms with Crippen LogP contribution in [-0.2, 0) is 6.54 Å². The first-order valence-corrected chi connectivity index (χ1v) is 6.72. The zero-order chi connectivity index (χ0) is 14.3. The van der Waals surface area contributed by atoms with Crippen molar-refractivity contribution in [2.45, 2.75) is 19.9 Å². The second kappa shape index (κ2) is 7.92. The van der Waals surface area contributed by atoms with Gasteiger partial charge in [-0.15, -0.1) is 0 Å². The molecular weight excluding hydrogens is 240 g/mol. The molecule has 0 aliphatic carbocycles. The summed E-state index contributed by atoms with van der Waals surface area (Å²) in [5.41, 5.74) is 1.87. The number of benzene rings is 1. The molecule has 0 atom stereocenters. The van der Waals surface area contributed by atoms with Gasteiger partial charge < -0.3 is 14.9 Å². The van der Waals surface area contributed by atoms with Crippen LogP contribution in [0, 0.1) is 0 Å². The maximum atomic E-state index is 12.3. The maximum Gasteiger partial charge on any atom is 0.253 e. The highest BCUT2D eigenvalue weighted by atomic mass is 16.3. The van der Waals surface area contributed by atoms with E-state index in [4.69, 9.17) is 5.11 Å². The molecule has 1 aromatic carbocycles. The van der Waals surface area contributed by atoms with Crippen molar-refractivity contribution in [1.82, 2.24) is 9.80 Å². The van der Waals surface area contributed by atoms with E-state index in [1.165, 1.54) is 5.56 Å². The Balaban J connectivity index is 2.75. The Morgan fingerprint density at radius 3 is 2.26 bits per heavy atom. The van der Waals surface area contributed by atoms with Crippen LogP contribution in [0.15, 0.2) is 24.3 Å². The monoisotopic (exact) mass is 264 g/mol. The van der Waals surface area contributed by atoms with E-state index >= 15 is 0 Å². The quantitative estimate of drug-likeness (QED) is 0.813. The summed E-state index contributed by atoms with van der Waals surface area (Å²) in [6, 6.07) is 7.69. The Morgan fingerprint density at radius 1 is 1.16 bits per heavy atom. The lowest BCUT2D eigenvalue weighted by atomic mass is 10.1. The molecule has 1 aromatic rings. The Hall–Kier alpha value is -1.39. The molecule has 19 heavy (non-hydrogen) atoms. The molecule has 0 unspecified atom stereocenters. The lowest BCUT2D eigenvalue weighted by molar-refractivity contribution is 0.0722. The van der Waals surface area contributed by atoms with Gasteiger partial charge in [-0.2, -0.15) is 0 Å². The van der Waals surface area contributed by atoms with Crippen molar-refractivity contribution in [1.29, 1.82) is 0 Å². The number of aliphatic hydroxyl groups excluding tert-OH is 1. The van der Waals surface area contributed by atoms with Crippen molar-refractivity contribution >= 4 is 5.91 Å². The molecule has 0 bridgehead atoms. The van der Waals surface area contributed by atoms with Gasteiger partial charge in [0, 0.05) is 25.2 Å². The third-order valence-electron chi connectivity index (χ3n) is 2.85. The predicted octanol–water partition coefficient (Wildman–Crippen LogP) is 1.59. The standard InChI is InChI=1S/C15H24N2O2/c1-4-9-17(10-11-18)15(19)14-7-5-13(6-8-14)12-16(2)3/h5-8,18H,4,9-12H2,1-3H3. The fourth-order valence-electron chi connectivity index (χ4n) is 2.01. The lowest BCUT2D eigenvalue weighted by Crippen LogP contribution is -2.34. The van der Waals surface area contributed by atoms with E-state index < -0.39 is 0 Å². The fourth-order valence-corrected chi connectivity index (χ4v) is 2.01. The summed E-state index contributed by atoms with van der Waals surface area (Å²) >= 11 is 0.